The molecule has 1 aliphatic heterocycles. The second kappa shape index (κ2) is 6.24. The van der Waals surface area contributed by atoms with E-state index in [1.807, 2.05) is 6.07 Å². The van der Waals surface area contributed by atoms with Crippen LogP contribution in [0, 0.1) is 5.92 Å². The van der Waals surface area contributed by atoms with Gasteiger partial charge in [-0.15, -0.1) is 0 Å². The molecule has 110 valence electrons. The Kier molecular flexibility index (Phi) is 4.82. The maximum absolute atomic E-state index is 12.5. The number of carbonyl (C=O) groups is 1. The molecule has 0 aliphatic carbocycles. The molecule has 0 aromatic heterocycles. The molecule has 0 spiro atoms. The van der Waals surface area contributed by atoms with Crippen molar-refractivity contribution in [2.45, 2.75) is 23.1 Å². The van der Waals surface area contributed by atoms with E-state index in [0.29, 0.717) is 18.2 Å². The summed E-state index contributed by atoms with van der Waals surface area (Å²) in [6, 6.07) is 6.79. The lowest BCUT2D eigenvalue weighted by molar-refractivity contribution is -0.142. The Balaban J connectivity index is 2.17. The van der Waals surface area contributed by atoms with E-state index in [1.165, 1.54) is 4.31 Å². The third-order valence-corrected chi connectivity index (χ3v) is 6.04. The number of carboxylic acid groups (broad SMARTS) is 1. The molecule has 1 aromatic carbocycles. The highest BCUT2D eigenvalue weighted by atomic mass is 79.9. The molecule has 2 rings (SSSR count). The van der Waals surface area contributed by atoms with Crippen LogP contribution >= 0.6 is 15.9 Å². The van der Waals surface area contributed by atoms with Gasteiger partial charge in [-0.3, -0.25) is 4.79 Å². The standard InChI is InChI=1S/C13H16BrNO4S/c14-9-10-2-1-3-12(8-10)20(18,19)15-6-4-11(5-7-15)13(16)17/h1-3,8,11H,4-7,9H2,(H,16,17). The first-order valence-electron chi connectivity index (χ1n) is 6.33. The summed E-state index contributed by atoms with van der Waals surface area (Å²) in [5, 5.41) is 9.53. The number of aliphatic carboxylic acids is 1. The SMILES string of the molecule is O=C(O)C1CCN(S(=O)(=O)c2cccc(CBr)c2)CC1. The molecule has 7 heteroatoms. The van der Waals surface area contributed by atoms with Crippen molar-refractivity contribution in [2.24, 2.45) is 5.92 Å². The summed E-state index contributed by atoms with van der Waals surface area (Å²) in [7, 11) is -3.52. The molecule has 1 fully saturated rings. The van der Waals surface area contributed by atoms with Crippen LogP contribution in [0.1, 0.15) is 18.4 Å². The van der Waals surface area contributed by atoms with E-state index in [2.05, 4.69) is 15.9 Å². The number of piperidine rings is 1. The molecule has 0 amide bonds. The molecule has 0 unspecified atom stereocenters. The van der Waals surface area contributed by atoms with Crippen LogP contribution in [0.25, 0.3) is 0 Å². The van der Waals surface area contributed by atoms with Gasteiger partial charge in [0, 0.05) is 18.4 Å². The van der Waals surface area contributed by atoms with Gasteiger partial charge in [-0.05, 0) is 30.5 Å². The van der Waals surface area contributed by atoms with Gasteiger partial charge in [0.15, 0.2) is 0 Å². The Morgan fingerprint density at radius 1 is 1.35 bits per heavy atom. The summed E-state index contributed by atoms with van der Waals surface area (Å²) < 4.78 is 26.4. The molecule has 0 radical (unpaired) electrons. The zero-order chi connectivity index (χ0) is 14.8. The van der Waals surface area contributed by atoms with Crippen LogP contribution in [0.4, 0.5) is 0 Å². The number of rotatable bonds is 4. The number of hydrogen-bond donors (Lipinski definition) is 1. The fraction of sp³-hybridized carbons (Fsp3) is 0.462. The molecule has 0 atom stereocenters. The number of hydrogen-bond acceptors (Lipinski definition) is 3. The van der Waals surface area contributed by atoms with Crippen molar-refractivity contribution in [1.82, 2.24) is 4.31 Å². The van der Waals surface area contributed by atoms with E-state index < -0.39 is 21.9 Å². The normalized spacial score (nSPS) is 18.1. The summed E-state index contributed by atoms with van der Waals surface area (Å²) in [4.78, 5) is 11.2. The Morgan fingerprint density at radius 2 is 2.00 bits per heavy atom. The smallest absolute Gasteiger partial charge is 0.306 e. The highest BCUT2D eigenvalue weighted by molar-refractivity contribution is 9.08. The molecule has 5 nitrogen and oxygen atoms in total. The van der Waals surface area contributed by atoms with Crippen LogP contribution in [0.15, 0.2) is 29.2 Å². The van der Waals surface area contributed by atoms with E-state index in [9.17, 15) is 13.2 Å². The molecular weight excluding hydrogens is 346 g/mol. The molecule has 0 bridgehead atoms. The average Bonchev–Trinajstić information content (AvgIpc) is 2.47. The minimum atomic E-state index is -3.52. The molecule has 1 aliphatic rings. The highest BCUT2D eigenvalue weighted by Crippen LogP contribution is 2.24. The maximum Gasteiger partial charge on any atom is 0.306 e. The van der Waals surface area contributed by atoms with Gasteiger partial charge in [0.1, 0.15) is 0 Å². The first kappa shape index (κ1) is 15.5. The summed E-state index contributed by atoms with van der Waals surface area (Å²) >= 11 is 3.30. The van der Waals surface area contributed by atoms with Gasteiger partial charge in [0.25, 0.3) is 0 Å². The van der Waals surface area contributed by atoms with Gasteiger partial charge in [0.05, 0.1) is 10.8 Å². The monoisotopic (exact) mass is 361 g/mol. The fourth-order valence-corrected chi connectivity index (χ4v) is 4.17. The number of sulfonamides is 1. The van der Waals surface area contributed by atoms with Crippen LogP contribution in [0.3, 0.4) is 0 Å². The number of benzene rings is 1. The predicted octanol–water partition coefficient (Wildman–Crippen LogP) is 2.07. The molecule has 1 heterocycles. The van der Waals surface area contributed by atoms with Crippen LogP contribution in [0.2, 0.25) is 0 Å². The molecule has 0 saturated carbocycles. The molecule has 1 N–H and O–H groups in total. The lowest BCUT2D eigenvalue weighted by atomic mass is 9.99. The van der Waals surface area contributed by atoms with E-state index in [-0.39, 0.29) is 18.0 Å². The van der Waals surface area contributed by atoms with Gasteiger partial charge in [0.2, 0.25) is 10.0 Å². The zero-order valence-corrected chi connectivity index (χ0v) is 13.2. The minimum Gasteiger partial charge on any atom is -0.481 e. The van der Waals surface area contributed by atoms with Gasteiger partial charge in [-0.25, -0.2) is 8.42 Å². The van der Waals surface area contributed by atoms with Crippen molar-refractivity contribution >= 4 is 31.9 Å². The largest absolute Gasteiger partial charge is 0.481 e. The van der Waals surface area contributed by atoms with Crippen molar-refractivity contribution in [3.63, 3.8) is 0 Å². The Hall–Kier alpha value is -0.920. The number of alkyl halides is 1. The molecular formula is C13H16BrNO4S. The van der Waals surface area contributed by atoms with Crippen molar-refractivity contribution in [2.75, 3.05) is 13.1 Å². The molecule has 20 heavy (non-hydrogen) atoms. The number of carboxylic acids is 1. The summed E-state index contributed by atoms with van der Waals surface area (Å²) in [6.45, 7) is 0.523. The minimum absolute atomic E-state index is 0.262. The highest BCUT2D eigenvalue weighted by Gasteiger charge is 2.31. The van der Waals surface area contributed by atoms with Crippen LogP contribution in [-0.2, 0) is 20.1 Å². The number of halogens is 1. The third kappa shape index (κ3) is 3.21. The summed E-state index contributed by atoms with van der Waals surface area (Å²) in [6.07, 6.45) is 0.736. The van der Waals surface area contributed by atoms with Crippen molar-refractivity contribution in [1.29, 1.82) is 0 Å². The van der Waals surface area contributed by atoms with Crippen molar-refractivity contribution in [3.05, 3.63) is 29.8 Å². The van der Waals surface area contributed by atoms with Crippen molar-refractivity contribution in [3.8, 4) is 0 Å². The van der Waals surface area contributed by atoms with E-state index in [1.54, 1.807) is 18.2 Å². The van der Waals surface area contributed by atoms with Crippen LogP contribution in [-0.4, -0.2) is 36.9 Å². The number of nitrogens with zero attached hydrogens (tertiary/aromatic N) is 1. The Labute approximate surface area is 126 Å². The van der Waals surface area contributed by atoms with E-state index >= 15 is 0 Å². The summed E-state index contributed by atoms with van der Waals surface area (Å²) in [5.74, 6) is -1.28. The van der Waals surface area contributed by atoms with Crippen molar-refractivity contribution < 1.29 is 18.3 Å². The summed E-state index contributed by atoms with van der Waals surface area (Å²) in [5.41, 5.74) is 0.895. The Morgan fingerprint density at radius 3 is 2.55 bits per heavy atom. The zero-order valence-electron chi connectivity index (χ0n) is 10.8. The van der Waals surface area contributed by atoms with Gasteiger partial charge < -0.3 is 5.11 Å². The molecule has 1 aromatic rings. The molecule has 1 saturated heterocycles. The third-order valence-electron chi connectivity index (χ3n) is 3.49. The maximum atomic E-state index is 12.5. The predicted molar refractivity (Wildman–Crippen MR) is 78.2 cm³/mol. The quantitative estimate of drug-likeness (QED) is 0.833. The van der Waals surface area contributed by atoms with Gasteiger partial charge in [-0.1, -0.05) is 28.1 Å². The first-order chi connectivity index (χ1) is 9.45. The van der Waals surface area contributed by atoms with E-state index in [0.717, 1.165) is 5.56 Å². The van der Waals surface area contributed by atoms with Crippen LogP contribution < -0.4 is 0 Å². The Bertz CT molecular complexity index is 594. The van der Waals surface area contributed by atoms with Gasteiger partial charge in [-0.2, -0.15) is 4.31 Å². The van der Waals surface area contributed by atoms with E-state index in [4.69, 9.17) is 5.11 Å². The second-order valence-electron chi connectivity index (χ2n) is 4.80. The lowest BCUT2D eigenvalue weighted by Gasteiger charge is -2.29. The average molecular weight is 362 g/mol. The lowest BCUT2D eigenvalue weighted by Crippen LogP contribution is -2.40. The topological polar surface area (TPSA) is 74.7 Å². The van der Waals surface area contributed by atoms with Gasteiger partial charge >= 0.3 is 5.97 Å². The first-order valence-corrected chi connectivity index (χ1v) is 8.89. The fourth-order valence-electron chi connectivity index (χ4n) is 2.28. The van der Waals surface area contributed by atoms with Crippen LogP contribution in [0.5, 0.6) is 0 Å². The second-order valence-corrected chi connectivity index (χ2v) is 7.30.